The molecule has 0 radical (unpaired) electrons. The highest BCUT2D eigenvalue weighted by molar-refractivity contribution is 7.99. The molecule has 0 saturated carbocycles. The van der Waals surface area contributed by atoms with Crippen molar-refractivity contribution < 1.29 is 0 Å². The standard InChI is InChI=1S/C13H14N2S/c1-3-7-16-8-6-15-13-5-4-11(2)9-12(13)10-14/h1,4-5,9,15H,6-8H2,2H3. The molecule has 2 nitrogen and oxygen atoms in total. The molecule has 0 amide bonds. The van der Waals surface area contributed by atoms with E-state index in [4.69, 9.17) is 11.7 Å². The highest BCUT2D eigenvalue weighted by atomic mass is 32.2. The minimum absolute atomic E-state index is 0.696. The summed E-state index contributed by atoms with van der Waals surface area (Å²) in [7, 11) is 0. The van der Waals surface area contributed by atoms with Crippen molar-refractivity contribution in [2.45, 2.75) is 6.92 Å². The lowest BCUT2D eigenvalue weighted by atomic mass is 10.1. The van der Waals surface area contributed by atoms with Crippen molar-refractivity contribution in [3.8, 4) is 18.4 Å². The molecule has 82 valence electrons. The van der Waals surface area contributed by atoms with E-state index in [0.29, 0.717) is 5.56 Å². The van der Waals surface area contributed by atoms with Crippen molar-refractivity contribution in [1.82, 2.24) is 0 Å². The van der Waals surface area contributed by atoms with Gasteiger partial charge < -0.3 is 5.32 Å². The van der Waals surface area contributed by atoms with Gasteiger partial charge in [0.2, 0.25) is 0 Å². The molecule has 0 spiro atoms. The molecule has 1 N–H and O–H groups in total. The Morgan fingerprint density at radius 3 is 3.00 bits per heavy atom. The summed E-state index contributed by atoms with van der Waals surface area (Å²) < 4.78 is 0. The molecule has 16 heavy (non-hydrogen) atoms. The number of aryl methyl sites for hydroxylation is 1. The van der Waals surface area contributed by atoms with Crippen LogP contribution in [0.5, 0.6) is 0 Å². The van der Waals surface area contributed by atoms with Crippen LogP contribution in [0.25, 0.3) is 0 Å². The van der Waals surface area contributed by atoms with Crippen molar-refractivity contribution >= 4 is 17.4 Å². The molecule has 0 atom stereocenters. The Morgan fingerprint density at radius 1 is 1.50 bits per heavy atom. The van der Waals surface area contributed by atoms with Crippen molar-refractivity contribution in [3.05, 3.63) is 29.3 Å². The third-order valence-corrected chi connectivity index (χ3v) is 2.91. The number of terminal acetylenes is 1. The zero-order chi connectivity index (χ0) is 11.8. The van der Waals surface area contributed by atoms with Crippen LogP contribution in [0.1, 0.15) is 11.1 Å². The minimum Gasteiger partial charge on any atom is -0.383 e. The largest absolute Gasteiger partial charge is 0.383 e. The molecular weight excluding hydrogens is 216 g/mol. The lowest BCUT2D eigenvalue weighted by Crippen LogP contribution is -2.05. The van der Waals surface area contributed by atoms with Gasteiger partial charge in [-0.05, 0) is 24.6 Å². The van der Waals surface area contributed by atoms with Gasteiger partial charge in [0, 0.05) is 12.3 Å². The molecule has 0 heterocycles. The molecule has 1 aromatic rings. The molecular formula is C13H14N2S. The maximum Gasteiger partial charge on any atom is 0.101 e. The number of benzene rings is 1. The van der Waals surface area contributed by atoms with E-state index < -0.39 is 0 Å². The fourth-order valence-corrected chi connectivity index (χ4v) is 1.80. The van der Waals surface area contributed by atoms with Gasteiger partial charge in [0.15, 0.2) is 0 Å². The Kier molecular flexibility index (Phi) is 5.32. The number of nitrogens with one attached hydrogen (secondary N) is 1. The molecule has 0 aliphatic carbocycles. The molecule has 0 unspecified atom stereocenters. The molecule has 3 heteroatoms. The van der Waals surface area contributed by atoms with Crippen molar-refractivity contribution in [2.24, 2.45) is 0 Å². The topological polar surface area (TPSA) is 35.8 Å². The van der Waals surface area contributed by atoms with Crippen LogP contribution in [-0.4, -0.2) is 18.1 Å². The Bertz CT molecular complexity index is 427. The molecule has 0 saturated heterocycles. The van der Waals surface area contributed by atoms with E-state index in [1.54, 1.807) is 11.8 Å². The van der Waals surface area contributed by atoms with Crippen LogP contribution in [0, 0.1) is 30.6 Å². The monoisotopic (exact) mass is 230 g/mol. The maximum atomic E-state index is 8.96. The number of nitriles is 1. The van der Waals surface area contributed by atoms with Gasteiger partial charge in [-0.3, -0.25) is 0 Å². The molecule has 0 aliphatic heterocycles. The van der Waals surface area contributed by atoms with Crippen LogP contribution in [0.2, 0.25) is 0 Å². The molecule has 0 fully saturated rings. The Balaban J connectivity index is 2.48. The second-order valence-corrected chi connectivity index (χ2v) is 4.45. The second kappa shape index (κ2) is 6.82. The van der Waals surface area contributed by atoms with Crippen molar-refractivity contribution in [1.29, 1.82) is 5.26 Å². The van der Waals surface area contributed by atoms with E-state index in [0.717, 1.165) is 29.3 Å². The van der Waals surface area contributed by atoms with Gasteiger partial charge in [0.05, 0.1) is 17.0 Å². The van der Waals surface area contributed by atoms with Gasteiger partial charge in [-0.15, -0.1) is 18.2 Å². The van der Waals surface area contributed by atoms with Crippen LogP contribution in [0.3, 0.4) is 0 Å². The first-order valence-electron chi connectivity index (χ1n) is 5.03. The van der Waals surface area contributed by atoms with E-state index in [-0.39, 0.29) is 0 Å². The van der Waals surface area contributed by atoms with E-state index in [9.17, 15) is 0 Å². The third kappa shape index (κ3) is 3.88. The highest BCUT2D eigenvalue weighted by Crippen LogP contribution is 2.16. The third-order valence-electron chi connectivity index (χ3n) is 2.04. The first-order chi connectivity index (χ1) is 7.77. The number of anilines is 1. The average molecular weight is 230 g/mol. The second-order valence-electron chi connectivity index (χ2n) is 3.34. The average Bonchev–Trinajstić information content (AvgIpc) is 2.30. The minimum atomic E-state index is 0.696. The fraction of sp³-hybridized carbons (Fsp3) is 0.308. The lowest BCUT2D eigenvalue weighted by Gasteiger charge is -2.07. The van der Waals surface area contributed by atoms with Crippen LogP contribution in [0.4, 0.5) is 5.69 Å². The van der Waals surface area contributed by atoms with Crippen LogP contribution in [0.15, 0.2) is 18.2 Å². The van der Waals surface area contributed by atoms with E-state index in [1.165, 1.54) is 0 Å². The summed E-state index contributed by atoms with van der Waals surface area (Å²) in [6, 6.07) is 8.01. The summed E-state index contributed by atoms with van der Waals surface area (Å²) in [5, 5.41) is 12.2. The smallest absolute Gasteiger partial charge is 0.101 e. The predicted octanol–water partition coefficient (Wildman–Crippen LogP) is 2.65. The Hall–Kier alpha value is -1.58. The SMILES string of the molecule is C#CCSCCNc1ccc(C)cc1C#N. The maximum absolute atomic E-state index is 8.96. The van der Waals surface area contributed by atoms with Crippen molar-refractivity contribution in [2.75, 3.05) is 23.4 Å². The van der Waals surface area contributed by atoms with E-state index >= 15 is 0 Å². The Labute approximate surface area is 101 Å². The van der Waals surface area contributed by atoms with Gasteiger partial charge in [-0.2, -0.15) is 5.26 Å². The number of nitrogens with zero attached hydrogens (tertiary/aromatic N) is 1. The van der Waals surface area contributed by atoms with Crippen LogP contribution in [-0.2, 0) is 0 Å². The quantitative estimate of drug-likeness (QED) is 0.624. The first-order valence-corrected chi connectivity index (χ1v) is 6.19. The summed E-state index contributed by atoms with van der Waals surface area (Å²) >= 11 is 1.71. The summed E-state index contributed by atoms with van der Waals surface area (Å²) in [4.78, 5) is 0. The number of hydrogen-bond donors (Lipinski definition) is 1. The fourth-order valence-electron chi connectivity index (χ4n) is 1.29. The van der Waals surface area contributed by atoms with Gasteiger partial charge in [0.1, 0.15) is 6.07 Å². The molecule has 0 bridgehead atoms. The zero-order valence-corrected chi connectivity index (χ0v) is 10.1. The van der Waals surface area contributed by atoms with Crippen LogP contribution >= 0.6 is 11.8 Å². The van der Waals surface area contributed by atoms with Gasteiger partial charge in [-0.1, -0.05) is 12.0 Å². The van der Waals surface area contributed by atoms with Crippen LogP contribution < -0.4 is 5.32 Å². The molecule has 1 aromatic carbocycles. The summed E-state index contributed by atoms with van der Waals surface area (Å²) in [5.41, 5.74) is 2.69. The van der Waals surface area contributed by atoms with Gasteiger partial charge in [0.25, 0.3) is 0 Å². The van der Waals surface area contributed by atoms with Gasteiger partial charge >= 0.3 is 0 Å². The molecule has 0 aliphatic rings. The van der Waals surface area contributed by atoms with E-state index in [2.05, 4.69) is 17.3 Å². The number of thioether (sulfide) groups is 1. The highest BCUT2D eigenvalue weighted by Gasteiger charge is 2.00. The number of rotatable bonds is 5. The zero-order valence-electron chi connectivity index (χ0n) is 9.29. The number of hydrogen-bond acceptors (Lipinski definition) is 3. The predicted molar refractivity (Wildman–Crippen MR) is 70.5 cm³/mol. The first kappa shape index (κ1) is 12.5. The summed E-state index contributed by atoms with van der Waals surface area (Å²) in [6.07, 6.45) is 5.15. The molecule has 0 aromatic heterocycles. The summed E-state index contributed by atoms with van der Waals surface area (Å²) in [6.45, 7) is 2.80. The van der Waals surface area contributed by atoms with E-state index in [1.807, 2.05) is 25.1 Å². The molecule has 1 rings (SSSR count). The Morgan fingerprint density at radius 2 is 2.31 bits per heavy atom. The van der Waals surface area contributed by atoms with Gasteiger partial charge in [-0.25, -0.2) is 0 Å². The summed E-state index contributed by atoms with van der Waals surface area (Å²) in [5.74, 6) is 4.26. The normalized spacial score (nSPS) is 9.19. The lowest BCUT2D eigenvalue weighted by molar-refractivity contribution is 1.22. The van der Waals surface area contributed by atoms with Crippen molar-refractivity contribution in [3.63, 3.8) is 0 Å².